The first kappa shape index (κ1) is 10.6. The Morgan fingerprint density at radius 2 is 2.33 bits per heavy atom. The van der Waals surface area contributed by atoms with E-state index in [1.807, 2.05) is 5.38 Å². The van der Waals surface area contributed by atoms with Crippen molar-refractivity contribution in [1.82, 2.24) is 9.88 Å². The third-order valence-electron chi connectivity index (χ3n) is 2.90. The van der Waals surface area contributed by atoms with Gasteiger partial charge in [0.1, 0.15) is 11.1 Å². The Labute approximate surface area is 94.4 Å². The molecule has 2 rings (SSSR count). The summed E-state index contributed by atoms with van der Waals surface area (Å²) in [5.41, 5.74) is 0.556. The number of hydrogen-bond acceptors (Lipinski definition) is 4. The first-order chi connectivity index (χ1) is 7.28. The van der Waals surface area contributed by atoms with Crippen molar-refractivity contribution in [2.45, 2.75) is 26.3 Å². The highest BCUT2D eigenvalue weighted by Crippen LogP contribution is 2.19. The van der Waals surface area contributed by atoms with Crippen LogP contribution in [-0.4, -0.2) is 23.0 Å². The van der Waals surface area contributed by atoms with E-state index < -0.39 is 0 Å². The van der Waals surface area contributed by atoms with Crippen molar-refractivity contribution in [2.24, 2.45) is 5.92 Å². The molecule has 0 spiro atoms. The van der Waals surface area contributed by atoms with E-state index >= 15 is 0 Å². The summed E-state index contributed by atoms with van der Waals surface area (Å²) in [7, 11) is 0. The van der Waals surface area contributed by atoms with Crippen molar-refractivity contribution in [1.29, 1.82) is 5.26 Å². The minimum absolute atomic E-state index is 0.556. The van der Waals surface area contributed by atoms with E-state index in [4.69, 9.17) is 5.26 Å². The average Bonchev–Trinajstić information content (AvgIpc) is 2.69. The lowest BCUT2D eigenvalue weighted by Gasteiger charge is -2.29. The minimum atomic E-state index is 0.556. The van der Waals surface area contributed by atoms with Crippen LogP contribution in [0.15, 0.2) is 5.38 Å². The van der Waals surface area contributed by atoms with Crippen LogP contribution in [0.1, 0.15) is 30.5 Å². The van der Waals surface area contributed by atoms with Crippen molar-refractivity contribution < 1.29 is 0 Å². The highest BCUT2D eigenvalue weighted by Gasteiger charge is 2.16. The van der Waals surface area contributed by atoms with E-state index in [0.717, 1.165) is 17.5 Å². The molecule has 0 saturated carbocycles. The van der Waals surface area contributed by atoms with Crippen LogP contribution in [0.25, 0.3) is 0 Å². The molecule has 1 saturated heterocycles. The van der Waals surface area contributed by atoms with Gasteiger partial charge < -0.3 is 0 Å². The molecule has 0 bridgehead atoms. The van der Waals surface area contributed by atoms with Crippen LogP contribution < -0.4 is 0 Å². The Morgan fingerprint density at radius 1 is 1.60 bits per heavy atom. The number of hydrogen-bond donors (Lipinski definition) is 0. The number of likely N-dealkylation sites (tertiary alicyclic amines) is 1. The Bertz CT molecular complexity index is 358. The smallest absolute Gasteiger partial charge is 0.151 e. The third-order valence-corrected chi connectivity index (χ3v) is 3.73. The predicted molar refractivity (Wildman–Crippen MR) is 60.5 cm³/mol. The Hall–Kier alpha value is -0.920. The largest absolute Gasteiger partial charge is 0.297 e. The van der Waals surface area contributed by atoms with E-state index in [9.17, 15) is 0 Å². The van der Waals surface area contributed by atoms with Gasteiger partial charge in [0.05, 0.1) is 6.54 Å². The molecule has 0 aliphatic carbocycles. The molecule has 80 valence electrons. The van der Waals surface area contributed by atoms with Gasteiger partial charge in [-0.3, -0.25) is 4.90 Å². The molecule has 0 amide bonds. The summed E-state index contributed by atoms with van der Waals surface area (Å²) in [6.07, 6.45) is 2.58. The molecule has 1 fully saturated rings. The fourth-order valence-electron chi connectivity index (χ4n) is 1.85. The van der Waals surface area contributed by atoms with E-state index in [0.29, 0.717) is 5.69 Å². The van der Waals surface area contributed by atoms with Gasteiger partial charge in [-0.05, 0) is 31.8 Å². The predicted octanol–water partition coefficient (Wildman–Crippen LogP) is 2.25. The van der Waals surface area contributed by atoms with Gasteiger partial charge in [-0.2, -0.15) is 5.26 Å². The van der Waals surface area contributed by atoms with Crippen LogP contribution in [-0.2, 0) is 6.54 Å². The first-order valence-electron chi connectivity index (χ1n) is 5.35. The highest BCUT2D eigenvalue weighted by molar-refractivity contribution is 7.09. The molecular weight excluding hydrogens is 206 g/mol. The number of piperidine rings is 1. The van der Waals surface area contributed by atoms with Gasteiger partial charge in [-0.1, -0.05) is 6.92 Å². The summed E-state index contributed by atoms with van der Waals surface area (Å²) >= 11 is 1.59. The second-order valence-electron chi connectivity index (χ2n) is 4.20. The van der Waals surface area contributed by atoms with Crippen LogP contribution in [0.4, 0.5) is 0 Å². The van der Waals surface area contributed by atoms with Crippen LogP contribution >= 0.6 is 11.3 Å². The molecule has 2 heterocycles. The number of thiazole rings is 1. The second kappa shape index (κ2) is 4.73. The fraction of sp³-hybridized carbons (Fsp3) is 0.636. The summed E-state index contributed by atoms with van der Waals surface area (Å²) in [6, 6.07) is 2.07. The molecule has 1 aromatic rings. The molecule has 15 heavy (non-hydrogen) atoms. The molecular formula is C11H15N3S. The van der Waals surface area contributed by atoms with Gasteiger partial charge in [0.25, 0.3) is 0 Å². The normalized spacial score (nSPS) is 18.9. The number of nitriles is 1. The Morgan fingerprint density at radius 3 is 2.93 bits per heavy atom. The Kier molecular flexibility index (Phi) is 3.34. The molecule has 1 aliphatic rings. The maximum Gasteiger partial charge on any atom is 0.151 e. The van der Waals surface area contributed by atoms with Crippen molar-refractivity contribution in [3.63, 3.8) is 0 Å². The summed E-state index contributed by atoms with van der Waals surface area (Å²) in [5, 5.41) is 11.6. The quantitative estimate of drug-likeness (QED) is 0.769. The number of aromatic nitrogens is 1. The van der Waals surface area contributed by atoms with Gasteiger partial charge in [0.2, 0.25) is 0 Å². The van der Waals surface area contributed by atoms with Gasteiger partial charge in [-0.25, -0.2) is 4.98 Å². The highest BCUT2D eigenvalue weighted by atomic mass is 32.1. The van der Waals surface area contributed by atoms with Gasteiger partial charge in [0.15, 0.2) is 5.69 Å². The standard InChI is InChI=1S/C11H15N3S/c1-9-2-4-14(5-3-9)7-11-13-10(6-12)8-15-11/h8-9H,2-5,7H2,1H3. The number of nitrogens with zero attached hydrogens (tertiary/aromatic N) is 3. The van der Waals surface area contributed by atoms with Crippen molar-refractivity contribution in [3.05, 3.63) is 16.1 Å². The zero-order chi connectivity index (χ0) is 10.7. The monoisotopic (exact) mass is 221 g/mol. The summed E-state index contributed by atoms with van der Waals surface area (Å²) in [5.74, 6) is 0.868. The average molecular weight is 221 g/mol. The zero-order valence-electron chi connectivity index (χ0n) is 8.94. The van der Waals surface area contributed by atoms with Crippen molar-refractivity contribution in [3.8, 4) is 6.07 Å². The topological polar surface area (TPSA) is 39.9 Å². The molecule has 0 unspecified atom stereocenters. The number of rotatable bonds is 2. The zero-order valence-corrected chi connectivity index (χ0v) is 9.76. The lowest BCUT2D eigenvalue weighted by Crippen LogP contribution is -2.32. The SMILES string of the molecule is CC1CCN(Cc2nc(C#N)cs2)CC1. The molecule has 0 radical (unpaired) electrons. The van der Waals surface area contributed by atoms with Crippen LogP contribution in [0.2, 0.25) is 0 Å². The summed E-state index contributed by atoms with van der Waals surface area (Å²) < 4.78 is 0. The Balaban J connectivity index is 1.89. The minimum Gasteiger partial charge on any atom is -0.297 e. The lowest BCUT2D eigenvalue weighted by atomic mass is 9.99. The van der Waals surface area contributed by atoms with Gasteiger partial charge >= 0.3 is 0 Å². The summed E-state index contributed by atoms with van der Waals surface area (Å²) in [4.78, 5) is 6.69. The van der Waals surface area contributed by atoms with E-state index in [-0.39, 0.29) is 0 Å². The molecule has 0 N–H and O–H groups in total. The van der Waals surface area contributed by atoms with Crippen LogP contribution in [0.3, 0.4) is 0 Å². The maximum atomic E-state index is 8.67. The van der Waals surface area contributed by atoms with Gasteiger partial charge in [0, 0.05) is 5.38 Å². The summed E-state index contributed by atoms with van der Waals surface area (Å²) in [6.45, 7) is 5.57. The van der Waals surface area contributed by atoms with Crippen molar-refractivity contribution in [2.75, 3.05) is 13.1 Å². The van der Waals surface area contributed by atoms with E-state index in [1.54, 1.807) is 11.3 Å². The molecule has 0 atom stereocenters. The van der Waals surface area contributed by atoms with Crippen LogP contribution in [0.5, 0.6) is 0 Å². The molecule has 4 heteroatoms. The first-order valence-corrected chi connectivity index (χ1v) is 6.23. The maximum absolute atomic E-state index is 8.67. The van der Waals surface area contributed by atoms with Crippen LogP contribution in [0, 0.1) is 17.2 Å². The lowest BCUT2D eigenvalue weighted by molar-refractivity contribution is 0.185. The fourth-order valence-corrected chi connectivity index (χ4v) is 2.61. The molecule has 0 aromatic carbocycles. The van der Waals surface area contributed by atoms with Crippen molar-refractivity contribution >= 4 is 11.3 Å². The van der Waals surface area contributed by atoms with Gasteiger partial charge in [-0.15, -0.1) is 11.3 Å². The molecule has 3 nitrogen and oxygen atoms in total. The molecule has 1 aliphatic heterocycles. The van der Waals surface area contributed by atoms with E-state index in [2.05, 4.69) is 22.9 Å². The van der Waals surface area contributed by atoms with E-state index in [1.165, 1.54) is 25.9 Å². The second-order valence-corrected chi connectivity index (χ2v) is 5.14. The molecule has 1 aromatic heterocycles. The third kappa shape index (κ3) is 2.77.